The number of aromatic nitrogens is 4. The predicted octanol–water partition coefficient (Wildman–Crippen LogP) is 1.46. The molecule has 1 amide bonds. The fourth-order valence-corrected chi connectivity index (χ4v) is 3.53. The molecule has 0 spiro atoms. The van der Waals surface area contributed by atoms with E-state index in [-0.39, 0.29) is 5.91 Å². The Morgan fingerprint density at radius 3 is 2.78 bits per heavy atom. The first-order valence-electron chi connectivity index (χ1n) is 7.48. The molecule has 0 unspecified atom stereocenters. The quantitative estimate of drug-likeness (QED) is 0.712. The minimum atomic E-state index is 0.00145. The van der Waals surface area contributed by atoms with Gasteiger partial charge < -0.3 is 9.80 Å². The fraction of sp³-hybridized carbons (Fsp3) is 0.333. The molecular weight excluding hydrogens is 312 g/mol. The number of anilines is 1. The summed E-state index contributed by atoms with van der Waals surface area (Å²) in [5.74, 6) is 0.962. The molecule has 0 radical (unpaired) electrons. The number of carbonyl (C=O) groups is 1. The van der Waals surface area contributed by atoms with Gasteiger partial charge >= 0.3 is 0 Å². The zero-order chi connectivity index (χ0) is 15.8. The Bertz CT molecular complexity index is 834. The highest BCUT2D eigenvalue weighted by Crippen LogP contribution is 2.18. The number of hydrogen-bond donors (Lipinski definition) is 0. The molecule has 1 aliphatic rings. The third kappa shape index (κ3) is 2.44. The summed E-state index contributed by atoms with van der Waals surface area (Å²) in [4.78, 5) is 26.4. The number of amides is 1. The molecule has 1 saturated heterocycles. The van der Waals surface area contributed by atoms with Gasteiger partial charge in [0.1, 0.15) is 11.3 Å². The van der Waals surface area contributed by atoms with E-state index >= 15 is 0 Å². The molecule has 4 heterocycles. The first kappa shape index (κ1) is 14.1. The number of piperazine rings is 1. The topological polar surface area (TPSA) is 66.6 Å². The fourth-order valence-electron chi connectivity index (χ4n) is 2.87. The van der Waals surface area contributed by atoms with Gasteiger partial charge in [0, 0.05) is 32.4 Å². The minimum absolute atomic E-state index is 0.00145. The van der Waals surface area contributed by atoms with Crippen molar-refractivity contribution in [2.45, 2.75) is 6.92 Å². The highest BCUT2D eigenvalue weighted by Gasteiger charge is 2.27. The van der Waals surface area contributed by atoms with E-state index in [0.717, 1.165) is 29.6 Å². The first-order valence-corrected chi connectivity index (χ1v) is 8.36. The molecule has 23 heavy (non-hydrogen) atoms. The van der Waals surface area contributed by atoms with Crippen molar-refractivity contribution in [1.82, 2.24) is 24.5 Å². The normalized spacial score (nSPS) is 15.3. The highest BCUT2D eigenvalue weighted by atomic mass is 32.1. The first-order chi connectivity index (χ1) is 11.2. The lowest BCUT2D eigenvalue weighted by Crippen LogP contribution is -2.49. The number of imidazole rings is 1. The van der Waals surface area contributed by atoms with E-state index in [1.807, 2.05) is 30.0 Å². The van der Waals surface area contributed by atoms with Crippen LogP contribution in [0.2, 0.25) is 0 Å². The Morgan fingerprint density at radius 2 is 2.04 bits per heavy atom. The lowest BCUT2D eigenvalue weighted by molar-refractivity contribution is 0.0737. The maximum Gasteiger partial charge on any atom is 0.274 e. The lowest BCUT2D eigenvalue weighted by atomic mass is 10.2. The SMILES string of the molecule is Cc1nc2scnn2c1C(=O)N1CCN(c2ccccn2)CC1. The summed E-state index contributed by atoms with van der Waals surface area (Å²) in [5, 5.41) is 4.22. The van der Waals surface area contributed by atoms with Gasteiger partial charge in [-0.15, -0.1) is 0 Å². The van der Waals surface area contributed by atoms with Gasteiger partial charge in [-0.2, -0.15) is 9.61 Å². The second-order valence-electron chi connectivity index (χ2n) is 5.45. The highest BCUT2D eigenvalue weighted by molar-refractivity contribution is 7.14. The standard InChI is InChI=1S/C15H16N6OS/c1-11-13(21-15(18-11)23-10-17-21)14(22)20-8-6-19(7-9-20)12-4-2-3-5-16-12/h2-5,10H,6-9H2,1H3. The number of hydrogen-bond acceptors (Lipinski definition) is 6. The van der Waals surface area contributed by atoms with E-state index in [1.165, 1.54) is 11.3 Å². The zero-order valence-corrected chi connectivity index (χ0v) is 13.5. The smallest absolute Gasteiger partial charge is 0.274 e. The monoisotopic (exact) mass is 328 g/mol. The van der Waals surface area contributed by atoms with Crippen molar-refractivity contribution in [3.05, 3.63) is 41.3 Å². The van der Waals surface area contributed by atoms with E-state index in [2.05, 4.69) is 20.0 Å². The molecule has 1 fully saturated rings. The Morgan fingerprint density at radius 1 is 1.22 bits per heavy atom. The second kappa shape index (κ2) is 5.62. The van der Waals surface area contributed by atoms with Crippen LogP contribution in [-0.2, 0) is 0 Å². The van der Waals surface area contributed by atoms with Crippen molar-refractivity contribution in [1.29, 1.82) is 0 Å². The predicted molar refractivity (Wildman–Crippen MR) is 88.0 cm³/mol. The van der Waals surface area contributed by atoms with Crippen LogP contribution < -0.4 is 4.90 Å². The summed E-state index contributed by atoms with van der Waals surface area (Å²) in [5.41, 5.74) is 3.02. The van der Waals surface area contributed by atoms with Gasteiger partial charge in [0.25, 0.3) is 5.91 Å². The number of fused-ring (bicyclic) bond motifs is 1. The molecular formula is C15H16N6OS. The van der Waals surface area contributed by atoms with Crippen molar-refractivity contribution in [2.24, 2.45) is 0 Å². The Hall–Kier alpha value is -2.48. The molecule has 7 nitrogen and oxygen atoms in total. The maximum absolute atomic E-state index is 12.8. The van der Waals surface area contributed by atoms with Gasteiger partial charge in [0.2, 0.25) is 4.96 Å². The summed E-state index contributed by atoms with van der Waals surface area (Å²) in [6.07, 6.45) is 1.79. The number of aryl methyl sites for hydroxylation is 1. The van der Waals surface area contributed by atoms with Crippen molar-refractivity contribution in [3.63, 3.8) is 0 Å². The van der Waals surface area contributed by atoms with Gasteiger partial charge in [-0.1, -0.05) is 17.4 Å². The molecule has 8 heteroatoms. The van der Waals surface area contributed by atoms with Crippen LogP contribution in [-0.4, -0.2) is 56.6 Å². The molecule has 0 atom stereocenters. The molecule has 0 aromatic carbocycles. The molecule has 0 N–H and O–H groups in total. The zero-order valence-electron chi connectivity index (χ0n) is 12.7. The molecule has 1 aliphatic heterocycles. The largest absolute Gasteiger partial charge is 0.353 e. The van der Waals surface area contributed by atoms with Crippen LogP contribution in [0.3, 0.4) is 0 Å². The number of rotatable bonds is 2. The summed E-state index contributed by atoms with van der Waals surface area (Å²) in [6.45, 7) is 4.76. The number of pyridine rings is 1. The lowest BCUT2D eigenvalue weighted by Gasteiger charge is -2.35. The Kier molecular flexibility index (Phi) is 3.45. The van der Waals surface area contributed by atoms with Crippen molar-refractivity contribution >= 4 is 28.0 Å². The maximum atomic E-state index is 12.8. The number of nitrogens with zero attached hydrogens (tertiary/aromatic N) is 6. The molecule has 4 rings (SSSR count). The van der Waals surface area contributed by atoms with E-state index in [9.17, 15) is 4.79 Å². The van der Waals surface area contributed by atoms with Crippen LogP contribution in [0.1, 0.15) is 16.2 Å². The van der Waals surface area contributed by atoms with Crippen molar-refractivity contribution < 1.29 is 4.79 Å². The molecule has 0 bridgehead atoms. The van der Waals surface area contributed by atoms with Crippen LogP contribution in [0, 0.1) is 6.92 Å². The van der Waals surface area contributed by atoms with Gasteiger partial charge in [0.05, 0.1) is 5.69 Å². The molecule has 0 saturated carbocycles. The van der Waals surface area contributed by atoms with Crippen molar-refractivity contribution in [3.8, 4) is 0 Å². The van der Waals surface area contributed by atoms with Gasteiger partial charge in [0.15, 0.2) is 5.69 Å². The summed E-state index contributed by atoms with van der Waals surface area (Å²) >= 11 is 1.44. The summed E-state index contributed by atoms with van der Waals surface area (Å²) in [6, 6.07) is 5.89. The third-order valence-corrected chi connectivity index (χ3v) is 4.74. The Balaban J connectivity index is 1.51. The Labute approximate surface area is 137 Å². The van der Waals surface area contributed by atoms with Crippen molar-refractivity contribution in [2.75, 3.05) is 31.1 Å². The summed E-state index contributed by atoms with van der Waals surface area (Å²) in [7, 11) is 0. The van der Waals surface area contributed by atoms with E-state index in [1.54, 1.807) is 16.2 Å². The average molecular weight is 328 g/mol. The van der Waals surface area contributed by atoms with Crippen LogP contribution >= 0.6 is 11.3 Å². The molecule has 3 aromatic rings. The van der Waals surface area contributed by atoms with E-state index < -0.39 is 0 Å². The number of carbonyl (C=O) groups excluding carboxylic acids is 1. The second-order valence-corrected chi connectivity index (χ2v) is 6.26. The van der Waals surface area contributed by atoms with E-state index in [0.29, 0.717) is 18.8 Å². The van der Waals surface area contributed by atoms with Crippen LogP contribution in [0.25, 0.3) is 4.96 Å². The van der Waals surface area contributed by atoms with Gasteiger partial charge in [-0.05, 0) is 19.1 Å². The molecule has 118 valence electrons. The molecule has 0 aliphatic carbocycles. The van der Waals surface area contributed by atoms with Crippen LogP contribution in [0.5, 0.6) is 0 Å². The van der Waals surface area contributed by atoms with Gasteiger partial charge in [-0.3, -0.25) is 4.79 Å². The van der Waals surface area contributed by atoms with E-state index in [4.69, 9.17) is 0 Å². The van der Waals surface area contributed by atoms with Crippen LogP contribution in [0.4, 0.5) is 5.82 Å². The average Bonchev–Trinajstić information content (AvgIpc) is 3.15. The molecule has 3 aromatic heterocycles. The van der Waals surface area contributed by atoms with Crippen LogP contribution in [0.15, 0.2) is 29.9 Å². The third-order valence-electron chi connectivity index (χ3n) is 4.06. The summed E-state index contributed by atoms with van der Waals surface area (Å²) < 4.78 is 1.65. The minimum Gasteiger partial charge on any atom is -0.353 e. The van der Waals surface area contributed by atoms with Gasteiger partial charge in [-0.25, -0.2) is 9.97 Å².